The molecule has 0 aliphatic heterocycles. The third kappa shape index (κ3) is 1.77. The molecule has 0 bridgehead atoms. The standard InChI is InChI=1S/C13H16O3/c14-11-6-4-10(5-7-11)13(12(15)16)8-2-1-3-9-13/h4-7,14H,1-3,8-9H2,(H,15,16). The molecular formula is C13H16O3. The van der Waals surface area contributed by atoms with Crippen LogP contribution in [0.3, 0.4) is 0 Å². The number of hydrogen-bond donors (Lipinski definition) is 2. The number of carbonyl (C=O) groups is 1. The van der Waals surface area contributed by atoms with Gasteiger partial charge in [0.1, 0.15) is 5.75 Å². The molecule has 1 fully saturated rings. The Morgan fingerprint density at radius 1 is 1.06 bits per heavy atom. The molecule has 86 valence electrons. The molecule has 1 aliphatic rings. The van der Waals surface area contributed by atoms with Crippen LogP contribution in [0.15, 0.2) is 24.3 Å². The summed E-state index contributed by atoms with van der Waals surface area (Å²) >= 11 is 0. The molecule has 3 heteroatoms. The van der Waals surface area contributed by atoms with Crippen molar-refractivity contribution >= 4 is 5.97 Å². The monoisotopic (exact) mass is 220 g/mol. The van der Waals surface area contributed by atoms with Gasteiger partial charge in [-0.3, -0.25) is 4.79 Å². The molecular weight excluding hydrogens is 204 g/mol. The Morgan fingerprint density at radius 2 is 1.62 bits per heavy atom. The normalized spacial score (nSPS) is 19.2. The number of phenolic OH excluding ortho intramolecular Hbond substituents is 1. The van der Waals surface area contributed by atoms with Crippen LogP contribution in [0.2, 0.25) is 0 Å². The quantitative estimate of drug-likeness (QED) is 0.805. The van der Waals surface area contributed by atoms with Gasteiger partial charge in [0.2, 0.25) is 0 Å². The summed E-state index contributed by atoms with van der Waals surface area (Å²) in [5.74, 6) is -0.557. The van der Waals surface area contributed by atoms with Crippen molar-refractivity contribution in [1.29, 1.82) is 0 Å². The number of aromatic hydroxyl groups is 1. The first-order valence-electron chi connectivity index (χ1n) is 5.68. The fourth-order valence-corrected chi connectivity index (χ4v) is 2.56. The van der Waals surface area contributed by atoms with Gasteiger partial charge in [0.05, 0.1) is 5.41 Å². The maximum atomic E-state index is 11.5. The number of aliphatic carboxylic acids is 1. The van der Waals surface area contributed by atoms with E-state index in [1.54, 1.807) is 24.3 Å². The summed E-state index contributed by atoms with van der Waals surface area (Å²) in [6.07, 6.45) is 4.45. The molecule has 16 heavy (non-hydrogen) atoms. The lowest BCUT2D eigenvalue weighted by Crippen LogP contribution is -2.37. The molecule has 1 aromatic carbocycles. The molecule has 2 rings (SSSR count). The smallest absolute Gasteiger partial charge is 0.314 e. The van der Waals surface area contributed by atoms with E-state index in [0.29, 0.717) is 12.8 Å². The zero-order valence-corrected chi connectivity index (χ0v) is 9.15. The van der Waals surface area contributed by atoms with E-state index in [-0.39, 0.29) is 5.75 Å². The van der Waals surface area contributed by atoms with Crippen LogP contribution < -0.4 is 0 Å². The first-order chi connectivity index (χ1) is 7.65. The molecule has 0 amide bonds. The minimum absolute atomic E-state index is 0.181. The predicted molar refractivity (Wildman–Crippen MR) is 60.5 cm³/mol. The number of rotatable bonds is 2. The number of carboxylic acid groups (broad SMARTS) is 1. The van der Waals surface area contributed by atoms with Crippen LogP contribution in [0, 0.1) is 0 Å². The van der Waals surface area contributed by atoms with Gasteiger partial charge in [-0.05, 0) is 30.5 Å². The van der Waals surface area contributed by atoms with Crippen LogP contribution in [-0.2, 0) is 10.2 Å². The van der Waals surface area contributed by atoms with Crippen molar-refractivity contribution in [3.8, 4) is 5.75 Å². The third-order valence-corrected chi connectivity index (χ3v) is 3.54. The van der Waals surface area contributed by atoms with Crippen LogP contribution in [0.25, 0.3) is 0 Å². The fourth-order valence-electron chi connectivity index (χ4n) is 2.56. The number of carboxylic acids is 1. The topological polar surface area (TPSA) is 57.5 Å². The van der Waals surface area contributed by atoms with Gasteiger partial charge in [0.25, 0.3) is 0 Å². The van der Waals surface area contributed by atoms with Crippen molar-refractivity contribution in [2.24, 2.45) is 0 Å². The maximum absolute atomic E-state index is 11.5. The van der Waals surface area contributed by atoms with Gasteiger partial charge in [-0.1, -0.05) is 31.4 Å². The number of benzene rings is 1. The van der Waals surface area contributed by atoms with E-state index in [4.69, 9.17) is 0 Å². The first kappa shape index (κ1) is 11.0. The average molecular weight is 220 g/mol. The highest BCUT2D eigenvalue weighted by Crippen LogP contribution is 2.40. The molecule has 0 unspecified atom stereocenters. The summed E-state index contributed by atoms with van der Waals surface area (Å²) in [7, 11) is 0. The molecule has 2 N–H and O–H groups in total. The maximum Gasteiger partial charge on any atom is 0.314 e. The van der Waals surface area contributed by atoms with Crippen molar-refractivity contribution in [3.05, 3.63) is 29.8 Å². The molecule has 0 atom stereocenters. The molecule has 1 aromatic rings. The lowest BCUT2D eigenvalue weighted by molar-refractivity contribution is -0.145. The van der Waals surface area contributed by atoms with E-state index < -0.39 is 11.4 Å². The Labute approximate surface area is 94.7 Å². The highest BCUT2D eigenvalue weighted by molar-refractivity contribution is 5.81. The first-order valence-corrected chi connectivity index (χ1v) is 5.68. The molecule has 0 saturated heterocycles. The van der Waals surface area contributed by atoms with Crippen LogP contribution in [0.1, 0.15) is 37.7 Å². The number of phenols is 1. The molecule has 1 aliphatic carbocycles. The SMILES string of the molecule is O=C(O)C1(c2ccc(O)cc2)CCCCC1. The van der Waals surface area contributed by atoms with Crippen LogP contribution >= 0.6 is 0 Å². The van der Waals surface area contributed by atoms with E-state index in [1.165, 1.54) is 0 Å². The molecule has 0 heterocycles. The zero-order valence-electron chi connectivity index (χ0n) is 9.15. The summed E-state index contributed by atoms with van der Waals surface area (Å²) in [4.78, 5) is 11.5. The van der Waals surface area contributed by atoms with Gasteiger partial charge in [-0.25, -0.2) is 0 Å². The third-order valence-electron chi connectivity index (χ3n) is 3.54. The van der Waals surface area contributed by atoms with Crippen LogP contribution in [0.5, 0.6) is 5.75 Å². The van der Waals surface area contributed by atoms with E-state index >= 15 is 0 Å². The Morgan fingerprint density at radius 3 is 2.12 bits per heavy atom. The van der Waals surface area contributed by atoms with Crippen molar-refractivity contribution < 1.29 is 15.0 Å². The minimum atomic E-state index is -0.738. The van der Waals surface area contributed by atoms with Crippen LogP contribution in [-0.4, -0.2) is 16.2 Å². The lowest BCUT2D eigenvalue weighted by Gasteiger charge is -2.33. The summed E-state index contributed by atoms with van der Waals surface area (Å²) in [5.41, 5.74) is 0.0869. The summed E-state index contributed by atoms with van der Waals surface area (Å²) in [5, 5.41) is 18.7. The Balaban J connectivity index is 2.38. The Bertz CT molecular complexity index is 375. The Hall–Kier alpha value is -1.51. The summed E-state index contributed by atoms with van der Waals surface area (Å²) in [6.45, 7) is 0. The minimum Gasteiger partial charge on any atom is -0.508 e. The second-order valence-electron chi connectivity index (χ2n) is 4.49. The van der Waals surface area contributed by atoms with Crippen molar-refractivity contribution in [1.82, 2.24) is 0 Å². The largest absolute Gasteiger partial charge is 0.508 e. The second-order valence-corrected chi connectivity index (χ2v) is 4.49. The molecule has 0 aromatic heterocycles. The average Bonchev–Trinajstić information content (AvgIpc) is 2.30. The van der Waals surface area contributed by atoms with E-state index in [9.17, 15) is 15.0 Å². The Kier molecular flexibility index (Phi) is 2.86. The van der Waals surface area contributed by atoms with Gasteiger partial charge in [-0.15, -0.1) is 0 Å². The fraction of sp³-hybridized carbons (Fsp3) is 0.462. The molecule has 0 radical (unpaired) electrons. The van der Waals surface area contributed by atoms with Gasteiger partial charge in [-0.2, -0.15) is 0 Å². The summed E-state index contributed by atoms with van der Waals surface area (Å²) < 4.78 is 0. The van der Waals surface area contributed by atoms with Gasteiger partial charge in [0, 0.05) is 0 Å². The zero-order chi connectivity index (χ0) is 11.6. The van der Waals surface area contributed by atoms with Crippen molar-refractivity contribution in [2.45, 2.75) is 37.5 Å². The van der Waals surface area contributed by atoms with Gasteiger partial charge < -0.3 is 10.2 Å². The van der Waals surface area contributed by atoms with Gasteiger partial charge >= 0.3 is 5.97 Å². The van der Waals surface area contributed by atoms with E-state index in [0.717, 1.165) is 24.8 Å². The van der Waals surface area contributed by atoms with Gasteiger partial charge in [0.15, 0.2) is 0 Å². The van der Waals surface area contributed by atoms with Crippen molar-refractivity contribution in [2.75, 3.05) is 0 Å². The predicted octanol–water partition coefficient (Wildman–Crippen LogP) is 2.68. The van der Waals surface area contributed by atoms with Crippen molar-refractivity contribution in [3.63, 3.8) is 0 Å². The lowest BCUT2D eigenvalue weighted by atomic mass is 9.69. The molecule has 0 spiro atoms. The molecule has 1 saturated carbocycles. The number of hydrogen-bond acceptors (Lipinski definition) is 2. The molecule has 3 nitrogen and oxygen atoms in total. The summed E-state index contributed by atoms with van der Waals surface area (Å²) in [6, 6.07) is 6.59. The van der Waals surface area contributed by atoms with Crippen LogP contribution in [0.4, 0.5) is 0 Å². The second kappa shape index (κ2) is 4.16. The van der Waals surface area contributed by atoms with E-state index in [1.807, 2.05) is 0 Å². The highest BCUT2D eigenvalue weighted by Gasteiger charge is 2.41. The van der Waals surface area contributed by atoms with E-state index in [2.05, 4.69) is 0 Å². The highest BCUT2D eigenvalue weighted by atomic mass is 16.4.